The van der Waals surface area contributed by atoms with E-state index in [-0.39, 0.29) is 28.8 Å². The van der Waals surface area contributed by atoms with Crippen LogP contribution >= 0.6 is 11.3 Å². The summed E-state index contributed by atoms with van der Waals surface area (Å²) in [4.78, 5) is 28.3. The van der Waals surface area contributed by atoms with Gasteiger partial charge in [0.25, 0.3) is 5.91 Å². The molecular weight excluding hydrogens is 384 g/mol. The van der Waals surface area contributed by atoms with Crippen LogP contribution in [0.1, 0.15) is 21.5 Å². The third kappa shape index (κ3) is 4.58. The van der Waals surface area contributed by atoms with Crippen LogP contribution in [0, 0.1) is 25.5 Å². The van der Waals surface area contributed by atoms with Crippen LogP contribution < -0.4 is 10.6 Å². The molecule has 3 rings (SSSR count). The van der Waals surface area contributed by atoms with Crippen LogP contribution in [-0.4, -0.2) is 23.3 Å². The Morgan fingerprint density at radius 1 is 1.07 bits per heavy atom. The van der Waals surface area contributed by atoms with Crippen LogP contribution in [-0.2, 0) is 4.79 Å². The molecule has 0 saturated heterocycles. The Kier molecular flexibility index (Phi) is 5.79. The molecule has 0 fully saturated rings. The molecule has 0 atom stereocenters. The van der Waals surface area contributed by atoms with Crippen molar-refractivity contribution in [2.45, 2.75) is 13.8 Å². The van der Waals surface area contributed by atoms with Crippen molar-refractivity contribution in [3.05, 3.63) is 70.1 Å². The third-order valence-corrected chi connectivity index (χ3v) is 4.89. The number of carbonyl (C=O) groups excluding carboxylic acids is 2. The maximum absolute atomic E-state index is 13.8. The lowest BCUT2D eigenvalue weighted by Crippen LogP contribution is -2.32. The summed E-state index contributed by atoms with van der Waals surface area (Å²) in [6.07, 6.45) is 0. The minimum Gasteiger partial charge on any atom is -0.343 e. The van der Waals surface area contributed by atoms with Crippen LogP contribution in [0.3, 0.4) is 0 Å². The van der Waals surface area contributed by atoms with Crippen molar-refractivity contribution in [3.8, 4) is 11.3 Å². The molecular formula is C20H17F2N3O2S. The molecule has 28 heavy (non-hydrogen) atoms. The van der Waals surface area contributed by atoms with E-state index >= 15 is 0 Å². The zero-order chi connectivity index (χ0) is 20.3. The largest absolute Gasteiger partial charge is 0.343 e. The van der Waals surface area contributed by atoms with Gasteiger partial charge >= 0.3 is 0 Å². The minimum atomic E-state index is -0.606. The Balaban J connectivity index is 1.59. The molecule has 2 aromatic carbocycles. The molecule has 3 aromatic rings. The highest BCUT2D eigenvalue weighted by atomic mass is 32.1. The molecule has 0 radical (unpaired) electrons. The standard InChI is InChI=1S/C20H17F2N3O2S/c1-11-3-4-13(7-12(11)2)19(27)23-9-18(26)25-20-24-17(10-28-20)15-8-14(21)5-6-16(15)22/h3-8,10H,9H2,1-2H3,(H,23,27)(H,24,25,26). The normalized spacial score (nSPS) is 10.6. The highest BCUT2D eigenvalue weighted by molar-refractivity contribution is 7.14. The van der Waals surface area contributed by atoms with E-state index in [1.54, 1.807) is 12.1 Å². The molecule has 8 heteroatoms. The fourth-order valence-electron chi connectivity index (χ4n) is 2.46. The number of rotatable bonds is 5. The van der Waals surface area contributed by atoms with Gasteiger partial charge < -0.3 is 10.6 Å². The first-order chi connectivity index (χ1) is 13.3. The topological polar surface area (TPSA) is 71.1 Å². The number of aromatic nitrogens is 1. The monoisotopic (exact) mass is 401 g/mol. The molecule has 0 spiro atoms. The summed E-state index contributed by atoms with van der Waals surface area (Å²) >= 11 is 1.08. The lowest BCUT2D eigenvalue weighted by Gasteiger charge is -2.07. The number of hydrogen-bond acceptors (Lipinski definition) is 4. The van der Waals surface area contributed by atoms with Gasteiger partial charge in [-0.1, -0.05) is 6.07 Å². The third-order valence-electron chi connectivity index (χ3n) is 4.13. The maximum Gasteiger partial charge on any atom is 0.251 e. The highest BCUT2D eigenvalue weighted by Gasteiger charge is 2.13. The van der Waals surface area contributed by atoms with Gasteiger partial charge in [-0.2, -0.15) is 0 Å². The predicted octanol–water partition coefficient (Wildman–Crippen LogP) is 4.07. The fraction of sp³-hybridized carbons (Fsp3) is 0.150. The van der Waals surface area contributed by atoms with E-state index < -0.39 is 17.5 Å². The van der Waals surface area contributed by atoms with Gasteiger partial charge in [-0.15, -0.1) is 11.3 Å². The molecule has 0 aliphatic heterocycles. The van der Waals surface area contributed by atoms with Crippen LogP contribution in [0.15, 0.2) is 41.8 Å². The van der Waals surface area contributed by atoms with Crippen molar-refractivity contribution < 1.29 is 18.4 Å². The summed E-state index contributed by atoms with van der Waals surface area (Å²) in [6.45, 7) is 3.61. The van der Waals surface area contributed by atoms with Crippen molar-refractivity contribution >= 4 is 28.3 Å². The van der Waals surface area contributed by atoms with Crippen molar-refractivity contribution in [2.75, 3.05) is 11.9 Å². The molecule has 0 saturated carbocycles. The number of benzene rings is 2. The van der Waals surface area contributed by atoms with Gasteiger partial charge in [0.2, 0.25) is 5.91 Å². The van der Waals surface area contributed by atoms with Crippen molar-refractivity contribution in [3.63, 3.8) is 0 Å². The first kappa shape index (κ1) is 19.6. The number of amides is 2. The first-order valence-corrected chi connectivity index (χ1v) is 9.27. The molecule has 2 amide bonds. The smallest absolute Gasteiger partial charge is 0.251 e. The quantitative estimate of drug-likeness (QED) is 0.677. The molecule has 144 valence electrons. The molecule has 0 unspecified atom stereocenters. The summed E-state index contributed by atoms with van der Waals surface area (Å²) < 4.78 is 27.1. The average molecular weight is 401 g/mol. The summed E-state index contributed by atoms with van der Waals surface area (Å²) in [7, 11) is 0. The van der Waals surface area contributed by atoms with Crippen molar-refractivity contribution in [1.82, 2.24) is 10.3 Å². The van der Waals surface area contributed by atoms with E-state index in [2.05, 4.69) is 15.6 Å². The molecule has 0 aliphatic carbocycles. The number of anilines is 1. The number of aryl methyl sites for hydroxylation is 2. The molecule has 1 heterocycles. The summed E-state index contributed by atoms with van der Waals surface area (Å²) in [5, 5.41) is 6.81. The fourth-order valence-corrected chi connectivity index (χ4v) is 3.18. The predicted molar refractivity (Wildman–Crippen MR) is 104 cm³/mol. The first-order valence-electron chi connectivity index (χ1n) is 8.40. The highest BCUT2D eigenvalue weighted by Crippen LogP contribution is 2.27. The van der Waals surface area contributed by atoms with Gasteiger partial charge in [0.05, 0.1) is 12.2 Å². The molecule has 5 nitrogen and oxygen atoms in total. The van der Waals surface area contributed by atoms with E-state index in [0.717, 1.165) is 40.7 Å². The molecule has 0 aliphatic rings. The van der Waals surface area contributed by atoms with Gasteiger partial charge in [-0.25, -0.2) is 13.8 Å². The Labute approximate surface area is 164 Å². The van der Waals surface area contributed by atoms with E-state index in [0.29, 0.717) is 5.56 Å². The van der Waals surface area contributed by atoms with Gasteiger partial charge in [-0.3, -0.25) is 9.59 Å². The second-order valence-electron chi connectivity index (χ2n) is 6.19. The Hall–Kier alpha value is -3.13. The second-order valence-corrected chi connectivity index (χ2v) is 7.05. The SMILES string of the molecule is Cc1ccc(C(=O)NCC(=O)Nc2nc(-c3cc(F)ccc3F)cs2)cc1C. The zero-order valence-electron chi connectivity index (χ0n) is 15.2. The average Bonchev–Trinajstić information content (AvgIpc) is 3.12. The Morgan fingerprint density at radius 3 is 2.61 bits per heavy atom. The molecule has 0 bridgehead atoms. The van der Waals surface area contributed by atoms with E-state index in [9.17, 15) is 18.4 Å². The summed E-state index contributed by atoms with van der Waals surface area (Å²) in [5.41, 5.74) is 2.76. The zero-order valence-corrected chi connectivity index (χ0v) is 16.0. The molecule has 2 N–H and O–H groups in total. The Bertz CT molecular complexity index is 1050. The van der Waals surface area contributed by atoms with Crippen LogP contribution in [0.2, 0.25) is 0 Å². The lowest BCUT2D eigenvalue weighted by molar-refractivity contribution is -0.115. The Morgan fingerprint density at radius 2 is 1.86 bits per heavy atom. The van der Waals surface area contributed by atoms with Gasteiger partial charge in [0, 0.05) is 16.5 Å². The second kappa shape index (κ2) is 8.26. The van der Waals surface area contributed by atoms with Crippen LogP contribution in [0.5, 0.6) is 0 Å². The lowest BCUT2D eigenvalue weighted by atomic mass is 10.1. The van der Waals surface area contributed by atoms with E-state index in [1.807, 2.05) is 19.9 Å². The van der Waals surface area contributed by atoms with Crippen LogP contribution in [0.25, 0.3) is 11.3 Å². The van der Waals surface area contributed by atoms with Gasteiger partial charge in [-0.05, 0) is 55.3 Å². The number of thiazole rings is 1. The summed E-state index contributed by atoms with van der Waals surface area (Å²) in [6, 6.07) is 8.36. The number of carbonyl (C=O) groups is 2. The van der Waals surface area contributed by atoms with E-state index in [1.165, 1.54) is 5.38 Å². The van der Waals surface area contributed by atoms with Gasteiger partial charge in [0.15, 0.2) is 5.13 Å². The van der Waals surface area contributed by atoms with Crippen molar-refractivity contribution in [1.29, 1.82) is 0 Å². The maximum atomic E-state index is 13.8. The van der Waals surface area contributed by atoms with Crippen LogP contribution in [0.4, 0.5) is 13.9 Å². The number of halogens is 2. The number of nitrogens with zero attached hydrogens (tertiary/aromatic N) is 1. The van der Waals surface area contributed by atoms with Crippen molar-refractivity contribution in [2.24, 2.45) is 0 Å². The number of nitrogens with one attached hydrogen (secondary N) is 2. The summed E-state index contributed by atoms with van der Waals surface area (Å²) in [5.74, 6) is -2.02. The van der Waals surface area contributed by atoms with Gasteiger partial charge in [0.1, 0.15) is 11.6 Å². The van der Waals surface area contributed by atoms with E-state index in [4.69, 9.17) is 0 Å². The minimum absolute atomic E-state index is 0.0137. The number of hydrogen-bond donors (Lipinski definition) is 2. The molecule has 1 aromatic heterocycles.